The van der Waals surface area contributed by atoms with Gasteiger partial charge in [-0.25, -0.2) is 14.9 Å². The van der Waals surface area contributed by atoms with Gasteiger partial charge in [-0.3, -0.25) is 9.59 Å². The molecule has 0 spiro atoms. The quantitative estimate of drug-likeness (QED) is 0.759. The van der Waals surface area contributed by atoms with Gasteiger partial charge in [-0.15, -0.1) is 0 Å². The summed E-state index contributed by atoms with van der Waals surface area (Å²) in [5, 5.41) is 2.07. The monoisotopic (exact) mass is 408 g/mol. The maximum atomic E-state index is 12.8. The van der Waals surface area contributed by atoms with Gasteiger partial charge < -0.3 is 10.2 Å². The highest BCUT2D eigenvalue weighted by molar-refractivity contribution is 6.21. The number of aromatic nitrogens is 2. The maximum Gasteiger partial charge on any atom is 0.292 e. The summed E-state index contributed by atoms with van der Waals surface area (Å²) < 4.78 is 0. The number of rotatable bonds is 5. The van der Waals surface area contributed by atoms with Crippen LogP contribution in [0.25, 0.3) is 0 Å². The minimum atomic E-state index is -0.306. The normalized spacial score (nSPS) is 20.3. The van der Waals surface area contributed by atoms with E-state index in [-0.39, 0.29) is 24.3 Å². The summed E-state index contributed by atoms with van der Waals surface area (Å²) in [5.74, 6) is 1.15. The van der Waals surface area contributed by atoms with E-state index in [0.717, 1.165) is 55.4 Å². The summed E-state index contributed by atoms with van der Waals surface area (Å²) in [6.45, 7) is 8.71. The van der Waals surface area contributed by atoms with Gasteiger partial charge in [-0.1, -0.05) is 17.7 Å². The molecule has 2 aliphatic heterocycles. The third kappa shape index (κ3) is 4.36. The zero-order valence-corrected chi connectivity index (χ0v) is 18.0. The van der Waals surface area contributed by atoms with E-state index in [9.17, 15) is 9.59 Å². The first kappa shape index (κ1) is 20.5. The molecule has 0 aliphatic carbocycles. The molecule has 2 amide bonds. The highest BCUT2D eigenvalue weighted by Crippen LogP contribution is 2.23. The molecule has 7 heteroatoms. The van der Waals surface area contributed by atoms with Crippen molar-refractivity contribution in [1.82, 2.24) is 9.97 Å². The summed E-state index contributed by atoms with van der Waals surface area (Å²) >= 11 is 0. The van der Waals surface area contributed by atoms with Crippen LogP contribution < -0.4 is 15.1 Å². The molecule has 3 heterocycles. The molecular weight excluding hydrogens is 378 g/mol. The van der Waals surface area contributed by atoms with Crippen molar-refractivity contribution in [2.24, 2.45) is 5.92 Å². The number of benzene rings is 1. The van der Waals surface area contributed by atoms with Crippen LogP contribution in [0.1, 0.15) is 36.2 Å². The number of quaternary nitrogens is 1. The van der Waals surface area contributed by atoms with Crippen LogP contribution >= 0.6 is 0 Å². The van der Waals surface area contributed by atoms with Crippen molar-refractivity contribution in [3.63, 3.8) is 0 Å². The molecule has 158 valence electrons. The van der Waals surface area contributed by atoms with Crippen molar-refractivity contribution in [2.75, 3.05) is 29.4 Å². The molecule has 2 aromatic rings. The lowest BCUT2D eigenvalue weighted by molar-refractivity contribution is -0.680. The number of imide groups is 1. The second-order valence-electron chi connectivity index (χ2n) is 8.57. The molecule has 1 aromatic heterocycles. The molecule has 0 saturated carbocycles. The number of carbonyl (C=O) groups is 2. The minimum Gasteiger partial charge on any atom is -0.341 e. The molecule has 30 heavy (non-hydrogen) atoms. The SMILES string of the molecule is Cc1ccc(N2C(=O)C[C@@H]([NH2+]CC3CCN(c4nc(C)cc(C)n4)CC3)C2=O)cc1. The number of aryl methyl sites for hydroxylation is 3. The van der Waals surface area contributed by atoms with Crippen LogP contribution in [0.4, 0.5) is 11.6 Å². The van der Waals surface area contributed by atoms with Crippen molar-refractivity contribution in [2.45, 2.75) is 46.1 Å². The lowest BCUT2D eigenvalue weighted by Gasteiger charge is -2.31. The zero-order chi connectivity index (χ0) is 21.3. The summed E-state index contributed by atoms with van der Waals surface area (Å²) in [4.78, 5) is 38.0. The van der Waals surface area contributed by atoms with E-state index in [2.05, 4.69) is 20.2 Å². The second-order valence-corrected chi connectivity index (χ2v) is 8.57. The standard InChI is InChI=1S/C23H29N5O2/c1-15-4-6-19(7-5-15)28-21(29)13-20(22(28)30)24-14-18-8-10-27(11-9-18)23-25-16(2)12-17(3)26-23/h4-7,12,18,20,24H,8-11,13-14H2,1-3H3/p+1/t20-/m1/s1. The highest BCUT2D eigenvalue weighted by Gasteiger charge is 2.42. The fraction of sp³-hybridized carbons (Fsp3) is 0.478. The van der Waals surface area contributed by atoms with Crippen LogP contribution in [-0.2, 0) is 9.59 Å². The van der Waals surface area contributed by atoms with Gasteiger partial charge in [-0.05, 0) is 51.8 Å². The predicted molar refractivity (Wildman–Crippen MR) is 115 cm³/mol. The van der Waals surface area contributed by atoms with Gasteiger partial charge in [-0.2, -0.15) is 0 Å². The Morgan fingerprint density at radius 1 is 1.00 bits per heavy atom. The van der Waals surface area contributed by atoms with E-state index >= 15 is 0 Å². The zero-order valence-electron chi connectivity index (χ0n) is 18.0. The lowest BCUT2D eigenvalue weighted by atomic mass is 9.96. The molecule has 2 N–H and O–H groups in total. The van der Waals surface area contributed by atoms with Gasteiger partial charge in [0.15, 0.2) is 6.04 Å². The Hall–Kier alpha value is -2.80. The van der Waals surface area contributed by atoms with Gasteiger partial charge in [0.1, 0.15) is 0 Å². The average molecular weight is 409 g/mol. The minimum absolute atomic E-state index is 0.0927. The van der Waals surface area contributed by atoms with E-state index in [4.69, 9.17) is 0 Å². The third-order valence-electron chi connectivity index (χ3n) is 6.10. The first-order valence-corrected chi connectivity index (χ1v) is 10.7. The number of piperidine rings is 1. The molecule has 2 saturated heterocycles. The highest BCUT2D eigenvalue weighted by atomic mass is 16.2. The molecule has 2 fully saturated rings. The molecule has 0 radical (unpaired) electrons. The Bertz CT molecular complexity index is 915. The van der Waals surface area contributed by atoms with Crippen molar-refractivity contribution in [1.29, 1.82) is 0 Å². The Morgan fingerprint density at radius 3 is 2.27 bits per heavy atom. The van der Waals surface area contributed by atoms with E-state index in [0.29, 0.717) is 11.6 Å². The predicted octanol–water partition coefficient (Wildman–Crippen LogP) is 1.51. The molecular formula is C23H30N5O2+. The fourth-order valence-corrected chi connectivity index (χ4v) is 4.38. The number of nitrogens with two attached hydrogens (primary N) is 1. The van der Waals surface area contributed by atoms with Crippen molar-refractivity contribution >= 4 is 23.5 Å². The van der Waals surface area contributed by atoms with Gasteiger partial charge in [0, 0.05) is 30.4 Å². The number of anilines is 2. The maximum absolute atomic E-state index is 12.8. The van der Waals surface area contributed by atoms with Crippen LogP contribution in [0.3, 0.4) is 0 Å². The first-order valence-electron chi connectivity index (χ1n) is 10.7. The molecule has 4 rings (SSSR count). The van der Waals surface area contributed by atoms with Gasteiger partial charge in [0.2, 0.25) is 11.9 Å². The molecule has 1 aromatic carbocycles. The second kappa shape index (κ2) is 8.52. The smallest absolute Gasteiger partial charge is 0.292 e. The van der Waals surface area contributed by atoms with Gasteiger partial charge in [0.25, 0.3) is 5.91 Å². The summed E-state index contributed by atoms with van der Waals surface area (Å²) in [7, 11) is 0. The Labute approximate surface area is 177 Å². The van der Waals surface area contributed by atoms with Gasteiger partial charge >= 0.3 is 0 Å². The summed E-state index contributed by atoms with van der Waals surface area (Å²) in [5.41, 5.74) is 3.78. The summed E-state index contributed by atoms with van der Waals surface area (Å²) in [6.07, 6.45) is 2.37. The topological polar surface area (TPSA) is 83.0 Å². The number of hydrogen-bond donors (Lipinski definition) is 1. The van der Waals surface area contributed by atoms with E-state index in [1.54, 1.807) is 0 Å². The van der Waals surface area contributed by atoms with Gasteiger partial charge in [0.05, 0.1) is 18.7 Å². The molecule has 0 unspecified atom stereocenters. The number of amides is 2. The van der Waals surface area contributed by atoms with E-state index < -0.39 is 0 Å². The van der Waals surface area contributed by atoms with Crippen LogP contribution in [0.15, 0.2) is 30.3 Å². The number of carbonyl (C=O) groups excluding carboxylic acids is 2. The van der Waals surface area contributed by atoms with Crippen LogP contribution in [0.2, 0.25) is 0 Å². The fourth-order valence-electron chi connectivity index (χ4n) is 4.38. The lowest BCUT2D eigenvalue weighted by Crippen LogP contribution is -2.92. The van der Waals surface area contributed by atoms with Crippen molar-refractivity contribution in [3.05, 3.63) is 47.3 Å². The molecule has 0 bridgehead atoms. The van der Waals surface area contributed by atoms with Crippen LogP contribution in [0.5, 0.6) is 0 Å². The number of nitrogens with zero attached hydrogens (tertiary/aromatic N) is 4. The van der Waals surface area contributed by atoms with Crippen LogP contribution in [0, 0.1) is 26.7 Å². The van der Waals surface area contributed by atoms with E-state index in [1.807, 2.05) is 51.1 Å². The van der Waals surface area contributed by atoms with Crippen LogP contribution in [-0.4, -0.2) is 47.5 Å². The average Bonchev–Trinajstić information content (AvgIpc) is 3.00. The van der Waals surface area contributed by atoms with E-state index in [1.165, 1.54) is 4.90 Å². The largest absolute Gasteiger partial charge is 0.341 e. The molecule has 2 aliphatic rings. The Balaban J connectivity index is 1.30. The first-order chi connectivity index (χ1) is 14.4. The van der Waals surface area contributed by atoms with Crippen molar-refractivity contribution in [3.8, 4) is 0 Å². The molecule has 7 nitrogen and oxygen atoms in total. The third-order valence-corrected chi connectivity index (χ3v) is 6.10. The van der Waals surface area contributed by atoms with Crippen molar-refractivity contribution < 1.29 is 14.9 Å². The summed E-state index contributed by atoms with van der Waals surface area (Å²) in [6, 6.07) is 9.24. The number of hydrogen-bond acceptors (Lipinski definition) is 5. The Kier molecular flexibility index (Phi) is 5.81. The Morgan fingerprint density at radius 2 is 1.63 bits per heavy atom. The molecule has 1 atom stereocenters.